The highest BCUT2D eigenvalue weighted by Gasteiger charge is 2.35. The summed E-state index contributed by atoms with van der Waals surface area (Å²) in [6, 6.07) is 15.3. The van der Waals surface area contributed by atoms with Crippen molar-refractivity contribution in [2.75, 3.05) is 6.54 Å². The van der Waals surface area contributed by atoms with Gasteiger partial charge in [0.15, 0.2) is 15.8 Å². The SMILES string of the molecule is Cl.N=C(N)N1CCC1c1nc(-c2ccc(CS(=O)(=O)c3ccccc3)cc2)no1. The maximum Gasteiger partial charge on any atom is 0.249 e. The number of rotatable bonds is 5. The van der Waals surface area contributed by atoms with Crippen molar-refractivity contribution in [1.29, 1.82) is 5.41 Å². The third-order valence-electron chi connectivity index (χ3n) is 4.73. The van der Waals surface area contributed by atoms with Gasteiger partial charge >= 0.3 is 0 Å². The van der Waals surface area contributed by atoms with Crippen LogP contribution >= 0.6 is 12.4 Å². The van der Waals surface area contributed by atoms with Crippen LogP contribution in [0.4, 0.5) is 0 Å². The fraction of sp³-hybridized carbons (Fsp3) is 0.211. The molecule has 1 aliphatic heterocycles. The van der Waals surface area contributed by atoms with Crippen LogP contribution in [-0.4, -0.2) is 36.0 Å². The lowest BCUT2D eigenvalue weighted by molar-refractivity contribution is 0.141. The Hall–Kier alpha value is -2.91. The molecule has 1 fully saturated rings. The number of nitrogens with two attached hydrogens (primary N) is 1. The number of nitrogens with one attached hydrogen (secondary N) is 1. The van der Waals surface area contributed by atoms with Crippen molar-refractivity contribution in [3.05, 3.63) is 66.1 Å². The van der Waals surface area contributed by atoms with Gasteiger partial charge in [0.25, 0.3) is 0 Å². The van der Waals surface area contributed by atoms with Crippen LogP contribution in [0.5, 0.6) is 0 Å². The molecule has 0 saturated carbocycles. The number of guanidine groups is 1. The van der Waals surface area contributed by atoms with Gasteiger partial charge in [0, 0.05) is 12.1 Å². The number of halogens is 1. The summed E-state index contributed by atoms with van der Waals surface area (Å²) >= 11 is 0. The molecule has 0 aliphatic carbocycles. The zero-order chi connectivity index (χ0) is 19.7. The molecule has 0 radical (unpaired) electrons. The Morgan fingerprint density at radius 3 is 2.45 bits per heavy atom. The number of hydrogen-bond donors (Lipinski definition) is 2. The minimum Gasteiger partial charge on any atom is -0.370 e. The second kappa shape index (κ2) is 8.22. The lowest BCUT2D eigenvalue weighted by Gasteiger charge is -2.38. The van der Waals surface area contributed by atoms with E-state index in [-0.39, 0.29) is 30.2 Å². The van der Waals surface area contributed by atoms with Crippen LogP contribution in [0, 0.1) is 5.41 Å². The summed E-state index contributed by atoms with van der Waals surface area (Å²) in [6.07, 6.45) is 0.803. The van der Waals surface area contributed by atoms with Crippen LogP contribution in [0.2, 0.25) is 0 Å². The zero-order valence-electron chi connectivity index (χ0n) is 15.4. The van der Waals surface area contributed by atoms with Crippen molar-refractivity contribution in [1.82, 2.24) is 15.0 Å². The smallest absolute Gasteiger partial charge is 0.249 e. The topological polar surface area (TPSA) is 126 Å². The first-order valence-electron chi connectivity index (χ1n) is 8.75. The van der Waals surface area contributed by atoms with Crippen molar-refractivity contribution in [3.8, 4) is 11.4 Å². The minimum absolute atomic E-state index is 0. The molecule has 29 heavy (non-hydrogen) atoms. The van der Waals surface area contributed by atoms with E-state index in [1.165, 1.54) is 0 Å². The Labute approximate surface area is 174 Å². The largest absolute Gasteiger partial charge is 0.370 e. The number of hydrogen-bond acceptors (Lipinski definition) is 6. The predicted octanol–water partition coefficient (Wildman–Crippen LogP) is 2.77. The molecule has 1 unspecified atom stereocenters. The van der Waals surface area contributed by atoms with Crippen LogP contribution < -0.4 is 5.73 Å². The molecule has 8 nitrogen and oxygen atoms in total. The van der Waals surface area contributed by atoms with Gasteiger partial charge in [-0.25, -0.2) is 8.42 Å². The maximum absolute atomic E-state index is 12.5. The number of sulfone groups is 1. The molecule has 0 bridgehead atoms. The van der Waals surface area contributed by atoms with Gasteiger partial charge in [-0.15, -0.1) is 12.4 Å². The minimum atomic E-state index is -3.40. The molecule has 0 spiro atoms. The Balaban J connectivity index is 0.00000240. The summed E-state index contributed by atoms with van der Waals surface area (Å²) in [5.74, 6) is 0.750. The molecule has 4 rings (SSSR count). The molecular formula is C19H20ClN5O3S. The molecule has 152 valence electrons. The summed E-state index contributed by atoms with van der Waals surface area (Å²) in [4.78, 5) is 6.39. The van der Waals surface area contributed by atoms with E-state index in [4.69, 9.17) is 15.7 Å². The van der Waals surface area contributed by atoms with Crippen LogP contribution in [0.3, 0.4) is 0 Å². The van der Waals surface area contributed by atoms with E-state index in [1.807, 2.05) is 0 Å². The summed E-state index contributed by atoms with van der Waals surface area (Å²) in [5, 5.41) is 11.5. The summed E-state index contributed by atoms with van der Waals surface area (Å²) in [7, 11) is -3.40. The van der Waals surface area contributed by atoms with E-state index >= 15 is 0 Å². The first kappa shape index (κ1) is 20.8. The molecule has 10 heteroatoms. The first-order valence-corrected chi connectivity index (χ1v) is 10.4. The van der Waals surface area contributed by atoms with Gasteiger partial charge in [0.05, 0.1) is 10.6 Å². The highest BCUT2D eigenvalue weighted by Crippen LogP contribution is 2.32. The predicted molar refractivity (Wildman–Crippen MR) is 110 cm³/mol. The summed E-state index contributed by atoms with van der Waals surface area (Å²) in [6.45, 7) is 0.697. The molecular weight excluding hydrogens is 414 g/mol. The Bertz CT molecular complexity index is 1100. The van der Waals surface area contributed by atoms with Crippen LogP contribution in [0.1, 0.15) is 23.9 Å². The van der Waals surface area contributed by atoms with E-state index in [9.17, 15) is 8.42 Å². The van der Waals surface area contributed by atoms with Crippen molar-refractivity contribution in [2.45, 2.75) is 23.1 Å². The third-order valence-corrected chi connectivity index (χ3v) is 6.43. The summed E-state index contributed by atoms with van der Waals surface area (Å²) in [5.41, 5.74) is 6.93. The normalized spacial score (nSPS) is 16.0. The monoisotopic (exact) mass is 433 g/mol. The second-order valence-corrected chi connectivity index (χ2v) is 8.60. The molecule has 3 N–H and O–H groups in total. The lowest BCUT2D eigenvalue weighted by Crippen LogP contribution is -2.48. The van der Waals surface area contributed by atoms with Gasteiger partial charge in [0.1, 0.15) is 6.04 Å². The third kappa shape index (κ3) is 4.25. The van der Waals surface area contributed by atoms with Crippen LogP contribution in [0.25, 0.3) is 11.4 Å². The van der Waals surface area contributed by atoms with Gasteiger partial charge in [-0.2, -0.15) is 4.98 Å². The van der Waals surface area contributed by atoms with E-state index in [2.05, 4.69) is 10.1 Å². The Morgan fingerprint density at radius 2 is 1.86 bits per heavy atom. The first-order chi connectivity index (χ1) is 13.4. The highest BCUT2D eigenvalue weighted by atomic mass is 35.5. The van der Waals surface area contributed by atoms with Crippen molar-refractivity contribution in [3.63, 3.8) is 0 Å². The second-order valence-electron chi connectivity index (χ2n) is 6.61. The van der Waals surface area contributed by atoms with Gasteiger partial charge in [-0.05, 0) is 24.1 Å². The average molecular weight is 434 g/mol. The molecule has 0 amide bonds. The number of benzene rings is 2. The molecule has 2 aromatic carbocycles. The quantitative estimate of drug-likeness (QED) is 0.467. The number of nitrogens with zero attached hydrogens (tertiary/aromatic N) is 3. The average Bonchev–Trinajstić information content (AvgIpc) is 3.10. The van der Waals surface area contributed by atoms with Gasteiger partial charge in [0.2, 0.25) is 11.7 Å². The Kier molecular flexibility index (Phi) is 5.90. The fourth-order valence-corrected chi connectivity index (χ4v) is 4.47. The molecule has 1 atom stereocenters. The van der Waals surface area contributed by atoms with E-state index in [0.29, 0.717) is 28.7 Å². The molecule has 2 heterocycles. The molecule has 1 aliphatic rings. The van der Waals surface area contributed by atoms with Gasteiger partial charge in [-0.3, -0.25) is 5.41 Å². The van der Waals surface area contributed by atoms with Crippen molar-refractivity contribution < 1.29 is 12.9 Å². The van der Waals surface area contributed by atoms with Crippen LogP contribution in [0.15, 0.2) is 64.0 Å². The number of aromatic nitrogens is 2. The zero-order valence-corrected chi connectivity index (χ0v) is 17.0. The van der Waals surface area contributed by atoms with E-state index in [1.54, 1.807) is 59.5 Å². The maximum atomic E-state index is 12.5. The summed E-state index contributed by atoms with van der Waals surface area (Å²) < 4.78 is 30.3. The lowest BCUT2D eigenvalue weighted by atomic mass is 10.0. The van der Waals surface area contributed by atoms with Crippen molar-refractivity contribution in [2.24, 2.45) is 5.73 Å². The molecule has 1 aromatic heterocycles. The van der Waals surface area contributed by atoms with E-state index in [0.717, 1.165) is 12.0 Å². The highest BCUT2D eigenvalue weighted by molar-refractivity contribution is 7.90. The Morgan fingerprint density at radius 1 is 1.17 bits per heavy atom. The molecule has 3 aromatic rings. The van der Waals surface area contributed by atoms with E-state index < -0.39 is 9.84 Å². The molecule has 1 saturated heterocycles. The van der Waals surface area contributed by atoms with Crippen LogP contribution in [-0.2, 0) is 15.6 Å². The fourth-order valence-electron chi connectivity index (χ4n) is 3.10. The van der Waals surface area contributed by atoms with Gasteiger partial charge < -0.3 is 15.2 Å². The number of likely N-dealkylation sites (tertiary alicyclic amines) is 1. The van der Waals surface area contributed by atoms with Gasteiger partial charge in [-0.1, -0.05) is 47.6 Å². The standard InChI is InChI=1S/C19H19N5O3S.ClH/c20-19(21)24-11-10-16(24)18-22-17(23-27-18)14-8-6-13(7-9-14)12-28(25,26)15-4-2-1-3-5-15;/h1-9,16H,10-12H2,(H3,20,21);1H. The van der Waals surface area contributed by atoms with Crippen molar-refractivity contribution >= 4 is 28.2 Å².